The summed E-state index contributed by atoms with van der Waals surface area (Å²) in [4.78, 5) is 23.0. The standard InChI is InChI=1S/C25H29NO4/c1-25-13-20(14-2-5-16(6-3-14)26-24(29)30)23-18-9-7-17(27)12-15(18)4-8-19(23)21(25)10-11-22(25)28/h2-3,5-6,12,19-22,26,28H,4,7-11,13H2,1H3,(H,29,30)/t19-,20+,21-,22?,25-/m0/s1. The van der Waals surface area contributed by atoms with E-state index in [1.165, 1.54) is 22.3 Å². The highest BCUT2D eigenvalue weighted by molar-refractivity contribution is 5.93. The molecule has 0 aromatic heterocycles. The molecule has 4 aliphatic rings. The van der Waals surface area contributed by atoms with Crippen molar-refractivity contribution in [2.24, 2.45) is 17.3 Å². The van der Waals surface area contributed by atoms with Gasteiger partial charge < -0.3 is 10.2 Å². The lowest BCUT2D eigenvalue weighted by Gasteiger charge is -2.52. The molecule has 5 atom stereocenters. The molecule has 0 heterocycles. The zero-order chi connectivity index (χ0) is 21.0. The fraction of sp³-hybridized carbons (Fsp3) is 0.520. The molecule has 5 rings (SSSR count). The van der Waals surface area contributed by atoms with Crippen molar-refractivity contribution in [3.63, 3.8) is 0 Å². The number of aliphatic hydroxyl groups excluding tert-OH is 1. The van der Waals surface area contributed by atoms with E-state index in [4.69, 9.17) is 5.11 Å². The first-order valence-electron chi connectivity index (χ1n) is 11.1. The number of carbonyl (C=O) groups excluding carboxylic acids is 1. The first-order chi connectivity index (χ1) is 14.4. The molecule has 1 unspecified atom stereocenters. The lowest BCUT2D eigenvalue weighted by molar-refractivity contribution is -0.114. The summed E-state index contributed by atoms with van der Waals surface area (Å²) in [6.45, 7) is 2.26. The molecule has 5 nitrogen and oxygen atoms in total. The molecule has 1 amide bonds. The van der Waals surface area contributed by atoms with Crippen LogP contribution in [0.25, 0.3) is 0 Å². The van der Waals surface area contributed by atoms with Crippen molar-refractivity contribution in [3.05, 3.63) is 52.6 Å². The van der Waals surface area contributed by atoms with E-state index in [1.54, 1.807) is 0 Å². The van der Waals surface area contributed by atoms with Gasteiger partial charge in [0.15, 0.2) is 5.78 Å². The third kappa shape index (κ3) is 3.02. The van der Waals surface area contributed by atoms with Crippen LogP contribution >= 0.6 is 0 Å². The van der Waals surface area contributed by atoms with E-state index in [0.29, 0.717) is 23.9 Å². The summed E-state index contributed by atoms with van der Waals surface area (Å²) < 4.78 is 0. The van der Waals surface area contributed by atoms with E-state index in [1.807, 2.05) is 30.3 Å². The molecule has 0 saturated heterocycles. The average Bonchev–Trinajstić information content (AvgIpc) is 3.01. The Kier molecular flexibility index (Phi) is 4.62. The van der Waals surface area contributed by atoms with Gasteiger partial charge in [0, 0.05) is 18.0 Å². The van der Waals surface area contributed by atoms with Crippen LogP contribution in [0.3, 0.4) is 0 Å². The molecular formula is C25H29NO4. The summed E-state index contributed by atoms with van der Waals surface area (Å²) in [5, 5.41) is 22.3. The van der Waals surface area contributed by atoms with E-state index < -0.39 is 6.09 Å². The van der Waals surface area contributed by atoms with Crippen molar-refractivity contribution in [1.29, 1.82) is 0 Å². The first-order valence-corrected chi connectivity index (χ1v) is 11.1. The summed E-state index contributed by atoms with van der Waals surface area (Å²) in [7, 11) is 0. The topological polar surface area (TPSA) is 86.6 Å². The number of aliphatic hydroxyl groups is 1. The van der Waals surface area contributed by atoms with E-state index in [-0.39, 0.29) is 23.2 Å². The molecule has 0 radical (unpaired) electrons. The van der Waals surface area contributed by atoms with Gasteiger partial charge in [0.25, 0.3) is 0 Å². The molecule has 3 N–H and O–H groups in total. The Labute approximate surface area is 176 Å². The van der Waals surface area contributed by atoms with Gasteiger partial charge in [-0.25, -0.2) is 4.79 Å². The number of ketones is 1. The predicted octanol–water partition coefficient (Wildman–Crippen LogP) is 5.04. The Hall–Kier alpha value is -2.40. The van der Waals surface area contributed by atoms with Crippen molar-refractivity contribution < 1.29 is 19.8 Å². The number of carboxylic acid groups (broad SMARTS) is 1. The van der Waals surface area contributed by atoms with E-state index in [0.717, 1.165) is 38.5 Å². The van der Waals surface area contributed by atoms with Crippen LogP contribution in [-0.2, 0) is 4.79 Å². The van der Waals surface area contributed by atoms with Crippen LogP contribution in [0.1, 0.15) is 63.4 Å². The number of allylic oxidation sites excluding steroid dienone is 4. The zero-order valence-electron chi connectivity index (χ0n) is 17.4. The highest BCUT2D eigenvalue weighted by Gasteiger charge is 2.56. The van der Waals surface area contributed by atoms with Gasteiger partial charge in [0.2, 0.25) is 0 Å². The summed E-state index contributed by atoms with van der Waals surface area (Å²) in [5.41, 5.74) is 5.77. The third-order valence-corrected chi connectivity index (χ3v) is 8.25. The molecule has 30 heavy (non-hydrogen) atoms. The monoisotopic (exact) mass is 407 g/mol. The van der Waals surface area contributed by atoms with Crippen LogP contribution in [0.2, 0.25) is 0 Å². The minimum atomic E-state index is -1.07. The number of fused-ring (bicyclic) bond motifs is 4. The fourth-order valence-corrected chi connectivity index (χ4v) is 6.85. The van der Waals surface area contributed by atoms with Crippen molar-refractivity contribution in [2.45, 2.75) is 63.9 Å². The maximum atomic E-state index is 12.0. The summed E-state index contributed by atoms with van der Waals surface area (Å²) in [6.07, 6.45) is 6.83. The largest absolute Gasteiger partial charge is 0.465 e. The molecule has 4 aliphatic carbocycles. The van der Waals surface area contributed by atoms with E-state index in [2.05, 4.69) is 12.2 Å². The minimum Gasteiger partial charge on any atom is -0.465 e. The quantitative estimate of drug-likeness (QED) is 0.641. The van der Waals surface area contributed by atoms with Crippen LogP contribution in [0, 0.1) is 17.3 Å². The zero-order valence-corrected chi connectivity index (χ0v) is 17.4. The van der Waals surface area contributed by atoms with Gasteiger partial charge in [-0.15, -0.1) is 0 Å². The number of benzene rings is 1. The number of hydrogen-bond donors (Lipinski definition) is 3. The van der Waals surface area contributed by atoms with E-state index >= 15 is 0 Å². The number of rotatable bonds is 2. The summed E-state index contributed by atoms with van der Waals surface area (Å²) in [5.74, 6) is 1.40. The molecule has 1 aromatic carbocycles. The highest BCUT2D eigenvalue weighted by Crippen LogP contribution is 2.63. The van der Waals surface area contributed by atoms with Gasteiger partial charge in [-0.3, -0.25) is 10.1 Å². The molecule has 5 heteroatoms. The number of nitrogens with one attached hydrogen (secondary N) is 1. The van der Waals surface area contributed by atoms with Crippen LogP contribution in [0.4, 0.5) is 10.5 Å². The maximum Gasteiger partial charge on any atom is 0.409 e. The van der Waals surface area contributed by atoms with Crippen LogP contribution in [0.15, 0.2) is 47.1 Å². The molecule has 0 bridgehead atoms. The molecule has 0 spiro atoms. The predicted molar refractivity (Wildman–Crippen MR) is 114 cm³/mol. The number of amides is 1. The molecule has 0 aliphatic heterocycles. The Morgan fingerprint density at radius 1 is 1.10 bits per heavy atom. The molecule has 1 aromatic rings. The molecule has 158 valence electrons. The first kappa shape index (κ1) is 19.6. The fourth-order valence-electron chi connectivity index (χ4n) is 6.85. The normalized spacial score (nSPS) is 35.3. The van der Waals surface area contributed by atoms with Gasteiger partial charge >= 0.3 is 6.09 Å². The Balaban J connectivity index is 1.61. The second-order valence-electron chi connectivity index (χ2n) is 9.73. The van der Waals surface area contributed by atoms with Crippen molar-refractivity contribution in [2.75, 3.05) is 5.32 Å². The van der Waals surface area contributed by atoms with Gasteiger partial charge in [0.1, 0.15) is 0 Å². The minimum absolute atomic E-state index is 0.0942. The second-order valence-corrected chi connectivity index (χ2v) is 9.73. The average molecular weight is 408 g/mol. The van der Waals surface area contributed by atoms with Crippen LogP contribution in [0.5, 0.6) is 0 Å². The second kappa shape index (κ2) is 7.09. The van der Waals surface area contributed by atoms with Crippen LogP contribution in [-0.4, -0.2) is 28.2 Å². The van der Waals surface area contributed by atoms with Gasteiger partial charge in [-0.1, -0.05) is 24.6 Å². The number of hydrogen-bond acceptors (Lipinski definition) is 3. The molecule has 2 saturated carbocycles. The highest BCUT2D eigenvalue weighted by atomic mass is 16.4. The van der Waals surface area contributed by atoms with Gasteiger partial charge in [0.05, 0.1) is 6.10 Å². The Morgan fingerprint density at radius 2 is 1.87 bits per heavy atom. The smallest absolute Gasteiger partial charge is 0.409 e. The van der Waals surface area contributed by atoms with Crippen molar-refractivity contribution in [1.82, 2.24) is 0 Å². The summed E-state index contributed by atoms with van der Waals surface area (Å²) >= 11 is 0. The number of carbonyl (C=O) groups is 2. The van der Waals surface area contributed by atoms with Crippen LogP contribution < -0.4 is 5.32 Å². The van der Waals surface area contributed by atoms with Crippen molar-refractivity contribution >= 4 is 17.6 Å². The van der Waals surface area contributed by atoms with E-state index in [9.17, 15) is 14.7 Å². The van der Waals surface area contributed by atoms with Gasteiger partial charge in [-0.05, 0) is 90.7 Å². The molecular weight excluding hydrogens is 378 g/mol. The number of anilines is 1. The lowest BCUT2D eigenvalue weighted by atomic mass is 9.53. The van der Waals surface area contributed by atoms with Crippen molar-refractivity contribution in [3.8, 4) is 0 Å². The lowest BCUT2D eigenvalue weighted by Crippen LogP contribution is -2.45. The summed E-state index contributed by atoms with van der Waals surface area (Å²) in [6, 6.07) is 7.70. The van der Waals surface area contributed by atoms with Gasteiger partial charge in [-0.2, -0.15) is 0 Å². The third-order valence-electron chi connectivity index (χ3n) is 8.25. The Morgan fingerprint density at radius 3 is 2.60 bits per heavy atom. The maximum absolute atomic E-state index is 12.0. The Bertz CT molecular complexity index is 960. The molecule has 2 fully saturated rings. The SMILES string of the molecule is C[C@]12C[C@H](c3ccc(NC(=O)O)cc3)C3=C4CCC(=O)C=C4CC[C@H]3[C@@H]1CCC2O.